The Labute approximate surface area is 113 Å². The number of hydrogen-bond acceptors (Lipinski definition) is 3. The van der Waals surface area contributed by atoms with Crippen molar-refractivity contribution < 1.29 is 21.9 Å². The quantitative estimate of drug-likeness (QED) is 0.890. The van der Waals surface area contributed by atoms with Crippen LogP contribution in [-0.4, -0.2) is 28.2 Å². The summed E-state index contributed by atoms with van der Waals surface area (Å²) in [6.45, 7) is 1.64. The minimum absolute atomic E-state index is 0.0118. The van der Waals surface area contributed by atoms with Crippen molar-refractivity contribution in [1.29, 1.82) is 0 Å². The van der Waals surface area contributed by atoms with Gasteiger partial charge in [-0.3, -0.25) is 0 Å². The van der Waals surface area contributed by atoms with Crippen molar-refractivity contribution in [3.63, 3.8) is 0 Å². The zero-order valence-corrected chi connectivity index (χ0v) is 12.1. The largest absolute Gasteiger partial charge is 0.380 e. The van der Waals surface area contributed by atoms with Crippen LogP contribution in [0.1, 0.15) is 6.92 Å². The third-order valence-electron chi connectivity index (χ3n) is 2.19. The molecule has 0 fully saturated rings. The summed E-state index contributed by atoms with van der Waals surface area (Å²) in [5.41, 5.74) is 0. The van der Waals surface area contributed by atoms with Gasteiger partial charge < -0.3 is 4.74 Å². The number of benzene rings is 1. The Hall–Kier alpha value is -0.570. The first kappa shape index (κ1) is 15.5. The molecule has 0 saturated carbocycles. The maximum atomic E-state index is 13.5. The Bertz CT molecular complexity index is 513. The second kappa shape index (κ2) is 6.05. The van der Waals surface area contributed by atoms with Gasteiger partial charge >= 0.3 is 0 Å². The van der Waals surface area contributed by atoms with Crippen molar-refractivity contribution >= 4 is 26.0 Å². The third-order valence-corrected chi connectivity index (χ3v) is 4.58. The number of halogens is 3. The van der Waals surface area contributed by atoms with Gasteiger partial charge in [0.1, 0.15) is 16.5 Å². The molecule has 1 aromatic rings. The molecule has 0 bridgehead atoms. The van der Waals surface area contributed by atoms with Gasteiger partial charge in [0.25, 0.3) is 0 Å². The first-order valence-electron chi connectivity index (χ1n) is 4.95. The summed E-state index contributed by atoms with van der Waals surface area (Å²) in [5.74, 6) is -2.01. The molecule has 1 unspecified atom stereocenters. The molecule has 1 rings (SSSR count). The van der Waals surface area contributed by atoms with E-state index in [2.05, 4.69) is 20.7 Å². The highest BCUT2D eigenvalue weighted by molar-refractivity contribution is 9.10. The highest BCUT2D eigenvalue weighted by atomic mass is 79.9. The third kappa shape index (κ3) is 3.71. The molecule has 4 nitrogen and oxygen atoms in total. The molecule has 0 aromatic heterocycles. The first-order valence-corrected chi connectivity index (χ1v) is 7.22. The number of methoxy groups -OCH3 is 1. The summed E-state index contributed by atoms with van der Waals surface area (Å²) < 4.78 is 56.9. The van der Waals surface area contributed by atoms with Gasteiger partial charge in [0, 0.05) is 24.2 Å². The van der Waals surface area contributed by atoms with Crippen LogP contribution in [0.4, 0.5) is 8.78 Å². The van der Waals surface area contributed by atoms with Crippen molar-refractivity contribution in [3.8, 4) is 0 Å². The average Bonchev–Trinajstić information content (AvgIpc) is 2.24. The van der Waals surface area contributed by atoms with Crippen LogP contribution < -0.4 is 4.72 Å². The minimum atomic E-state index is -4.06. The van der Waals surface area contributed by atoms with Gasteiger partial charge in [-0.1, -0.05) is 0 Å². The molecular weight excluding hydrogens is 332 g/mol. The molecule has 1 aromatic carbocycles. The highest BCUT2D eigenvalue weighted by Gasteiger charge is 2.23. The standard InChI is InChI=1S/C10H12BrF2NO3S/c1-6(17-2)5-14-18(15,16)10-8(11)3-7(12)4-9(10)13/h3-4,6,14H,5H2,1-2H3. The lowest BCUT2D eigenvalue weighted by molar-refractivity contribution is 0.122. The van der Waals surface area contributed by atoms with Crippen LogP contribution in [0.25, 0.3) is 0 Å². The Morgan fingerprint density at radius 3 is 2.56 bits per heavy atom. The summed E-state index contributed by atoms with van der Waals surface area (Å²) in [6.07, 6.45) is -0.359. The lowest BCUT2D eigenvalue weighted by Crippen LogP contribution is -2.32. The van der Waals surface area contributed by atoms with E-state index in [-0.39, 0.29) is 17.1 Å². The molecule has 0 aliphatic rings. The van der Waals surface area contributed by atoms with Gasteiger partial charge in [-0.05, 0) is 28.9 Å². The molecule has 1 atom stereocenters. The van der Waals surface area contributed by atoms with E-state index in [9.17, 15) is 17.2 Å². The Morgan fingerprint density at radius 1 is 1.44 bits per heavy atom. The molecule has 0 radical (unpaired) electrons. The topological polar surface area (TPSA) is 55.4 Å². The fourth-order valence-electron chi connectivity index (χ4n) is 1.17. The highest BCUT2D eigenvalue weighted by Crippen LogP contribution is 2.25. The number of hydrogen-bond donors (Lipinski definition) is 1. The van der Waals surface area contributed by atoms with Gasteiger partial charge in [0.2, 0.25) is 10.0 Å². The summed E-state index contributed by atoms with van der Waals surface area (Å²) >= 11 is 2.83. The molecule has 0 amide bonds. The zero-order valence-electron chi connectivity index (χ0n) is 9.71. The molecule has 0 aliphatic heterocycles. The summed E-state index contributed by atoms with van der Waals surface area (Å²) in [5, 5.41) is 0. The van der Waals surface area contributed by atoms with Gasteiger partial charge in [-0.2, -0.15) is 0 Å². The molecule has 18 heavy (non-hydrogen) atoms. The SMILES string of the molecule is COC(C)CNS(=O)(=O)c1c(F)cc(F)cc1Br. The lowest BCUT2D eigenvalue weighted by atomic mass is 10.3. The van der Waals surface area contributed by atoms with E-state index in [1.54, 1.807) is 6.92 Å². The van der Waals surface area contributed by atoms with E-state index in [4.69, 9.17) is 4.74 Å². The van der Waals surface area contributed by atoms with E-state index >= 15 is 0 Å². The number of nitrogens with one attached hydrogen (secondary N) is 1. The van der Waals surface area contributed by atoms with E-state index in [1.807, 2.05) is 0 Å². The van der Waals surface area contributed by atoms with Gasteiger partial charge in [0.15, 0.2) is 0 Å². The predicted molar refractivity (Wildman–Crippen MR) is 65.7 cm³/mol. The molecule has 1 N–H and O–H groups in total. The van der Waals surface area contributed by atoms with Crippen LogP contribution >= 0.6 is 15.9 Å². The van der Waals surface area contributed by atoms with Crippen LogP contribution in [-0.2, 0) is 14.8 Å². The predicted octanol–water partition coefficient (Wildman–Crippen LogP) is 2.04. The Kier molecular flexibility index (Phi) is 5.20. The van der Waals surface area contributed by atoms with E-state index in [1.165, 1.54) is 7.11 Å². The average molecular weight is 344 g/mol. The molecule has 0 aliphatic carbocycles. The molecular formula is C10H12BrF2NO3S. The number of sulfonamides is 1. The van der Waals surface area contributed by atoms with Gasteiger partial charge in [-0.25, -0.2) is 21.9 Å². The van der Waals surface area contributed by atoms with Crippen LogP contribution in [0, 0.1) is 11.6 Å². The van der Waals surface area contributed by atoms with Crippen LogP contribution in [0.15, 0.2) is 21.5 Å². The van der Waals surface area contributed by atoms with E-state index in [0.29, 0.717) is 6.07 Å². The Balaban J connectivity index is 3.06. The number of ether oxygens (including phenoxy) is 1. The van der Waals surface area contributed by atoms with Crippen molar-refractivity contribution in [2.75, 3.05) is 13.7 Å². The minimum Gasteiger partial charge on any atom is -0.380 e. The summed E-state index contributed by atoms with van der Waals surface area (Å²) in [7, 11) is -2.64. The monoisotopic (exact) mass is 343 g/mol. The molecule has 0 heterocycles. The van der Waals surface area contributed by atoms with Crippen LogP contribution in [0.2, 0.25) is 0 Å². The lowest BCUT2D eigenvalue weighted by Gasteiger charge is -2.12. The number of rotatable bonds is 5. The normalized spacial score (nSPS) is 13.6. The van der Waals surface area contributed by atoms with Crippen molar-refractivity contribution in [1.82, 2.24) is 4.72 Å². The molecule has 0 spiro atoms. The maximum Gasteiger partial charge on any atom is 0.244 e. The Morgan fingerprint density at radius 2 is 2.06 bits per heavy atom. The van der Waals surface area contributed by atoms with E-state index < -0.39 is 26.6 Å². The summed E-state index contributed by atoms with van der Waals surface area (Å²) in [6, 6.07) is 1.40. The summed E-state index contributed by atoms with van der Waals surface area (Å²) in [4.78, 5) is -0.618. The van der Waals surface area contributed by atoms with Gasteiger partial charge in [0.05, 0.1) is 6.10 Å². The van der Waals surface area contributed by atoms with Crippen molar-refractivity contribution in [2.24, 2.45) is 0 Å². The van der Waals surface area contributed by atoms with Gasteiger partial charge in [-0.15, -0.1) is 0 Å². The maximum absolute atomic E-state index is 13.5. The fourth-order valence-corrected chi connectivity index (χ4v) is 3.45. The van der Waals surface area contributed by atoms with E-state index in [0.717, 1.165) is 6.07 Å². The molecule has 0 saturated heterocycles. The second-order valence-electron chi connectivity index (χ2n) is 3.60. The van der Waals surface area contributed by atoms with Crippen LogP contribution in [0.3, 0.4) is 0 Å². The van der Waals surface area contributed by atoms with Crippen LogP contribution in [0.5, 0.6) is 0 Å². The molecule has 8 heteroatoms. The fraction of sp³-hybridized carbons (Fsp3) is 0.400. The smallest absolute Gasteiger partial charge is 0.244 e. The zero-order chi connectivity index (χ0) is 13.9. The molecule has 102 valence electrons. The van der Waals surface area contributed by atoms with Crippen molar-refractivity contribution in [3.05, 3.63) is 28.2 Å². The first-order chi connectivity index (χ1) is 8.27. The van der Waals surface area contributed by atoms with Crippen molar-refractivity contribution in [2.45, 2.75) is 17.9 Å². The second-order valence-corrected chi connectivity index (χ2v) is 6.15.